The highest BCUT2D eigenvalue weighted by Gasteiger charge is 2.47. The van der Waals surface area contributed by atoms with Crippen LogP contribution in [0.15, 0.2) is 22.1 Å². The molecular weight excluding hydrogens is 280 g/mol. The highest BCUT2D eigenvalue weighted by Crippen LogP contribution is 2.36. The third-order valence-electron chi connectivity index (χ3n) is 3.69. The molecule has 0 saturated carbocycles. The summed E-state index contributed by atoms with van der Waals surface area (Å²) in [4.78, 5) is 49.2. The maximum atomic E-state index is 12.4. The van der Waals surface area contributed by atoms with Crippen molar-refractivity contribution in [1.29, 1.82) is 0 Å². The van der Waals surface area contributed by atoms with E-state index in [-0.39, 0.29) is 18.7 Å². The molecular formula is C13H12N2O4S. The highest BCUT2D eigenvalue weighted by atomic mass is 32.1. The Labute approximate surface area is 120 Å². The largest absolute Gasteiger partial charge is 0.295 e. The molecule has 104 valence electrons. The summed E-state index contributed by atoms with van der Waals surface area (Å²) in [5, 5.41) is 2.16. The number of imide groups is 2. The summed E-state index contributed by atoms with van der Waals surface area (Å²) >= 11 is 4.26. The fraction of sp³-hybridized carbons (Fsp3) is 0.385. The van der Waals surface area contributed by atoms with Gasteiger partial charge in [-0.3, -0.25) is 29.4 Å². The lowest BCUT2D eigenvalue weighted by molar-refractivity contribution is -0.149. The number of hydrogen-bond acceptors (Lipinski definition) is 5. The predicted molar refractivity (Wildman–Crippen MR) is 71.4 cm³/mol. The Bertz CT molecular complexity index is 620. The summed E-state index contributed by atoms with van der Waals surface area (Å²) in [6.45, 7) is 0. The van der Waals surface area contributed by atoms with Gasteiger partial charge < -0.3 is 0 Å². The van der Waals surface area contributed by atoms with E-state index in [4.69, 9.17) is 0 Å². The van der Waals surface area contributed by atoms with Gasteiger partial charge >= 0.3 is 0 Å². The molecule has 0 spiro atoms. The first-order valence-corrected chi connectivity index (χ1v) is 6.79. The maximum Gasteiger partial charge on any atom is 0.263 e. The van der Waals surface area contributed by atoms with Gasteiger partial charge in [0.1, 0.15) is 6.04 Å². The Morgan fingerprint density at radius 2 is 1.90 bits per heavy atom. The van der Waals surface area contributed by atoms with E-state index in [1.165, 1.54) is 0 Å². The molecule has 3 rings (SSSR count). The Hall–Kier alpha value is -1.89. The number of thiol groups is 1. The molecule has 1 aliphatic carbocycles. The quantitative estimate of drug-likeness (QED) is 0.529. The van der Waals surface area contributed by atoms with Crippen molar-refractivity contribution in [2.24, 2.45) is 0 Å². The number of carbonyl (C=O) groups excluding carboxylic acids is 4. The minimum absolute atomic E-state index is 0.124. The van der Waals surface area contributed by atoms with Crippen molar-refractivity contribution >= 4 is 36.3 Å². The van der Waals surface area contributed by atoms with Gasteiger partial charge in [0, 0.05) is 12.0 Å². The van der Waals surface area contributed by atoms with Crippen LogP contribution in [0, 0.1) is 0 Å². The average molecular weight is 292 g/mol. The fourth-order valence-corrected chi connectivity index (χ4v) is 3.07. The lowest BCUT2D eigenvalue weighted by Crippen LogP contribution is -2.54. The molecule has 2 fully saturated rings. The molecule has 1 N–H and O–H groups in total. The molecule has 0 aromatic carbocycles. The molecule has 3 aliphatic rings. The van der Waals surface area contributed by atoms with E-state index in [1.807, 2.05) is 0 Å². The Balaban J connectivity index is 1.98. The van der Waals surface area contributed by atoms with Gasteiger partial charge in [0.05, 0.1) is 5.57 Å². The van der Waals surface area contributed by atoms with Crippen LogP contribution in [0.25, 0.3) is 0 Å². The zero-order chi connectivity index (χ0) is 14.4. The zero-order valence-corrected chi connectivity index (χ0v) is 11.4. The molecule has 0 bridgehead atoms. The van der Waals surface area contributed by atoms with E-state index in [9.17, 15) is 19.2 Å². The van der Waals surface area contributed by atoms with Gasteiger partial charge in [0.15, 0.2) is 0 Å². The second-order valence-corrected chi connectivity index (χ2v) is 5.47. The molecule has 1 atom stereocenters. The van der Waals surface area contributed by atoms with E-state index < -0.39 is 23.8 Å². The highest BCUT2D eigenvalue weighted by molar-refractivity contribution is 7.84. The van der Waals surface area contributed by atoms with Crippen LogP contribution >= 0.6 is 12.6 Å². The number of rotatable bonds is 1. The van der Waals surface area contributed by atoms with E-state index >= 15 is 0 Å². The van der Waals surface area contributed by atoms with Crippen molar-refractivity contribution in [3.05, 3.63) is 22.1 Å². The fourth-order valence-electron chi connectivity index (χ4n) is 2.72. The van der Waals surface area contributed by atoms with Gasteiger partial charge in [-0.05, 0) is 24.2 Å². The molecule has 0 aromatic rings. The second kappa shape index (κ2) is 4.59. The number of nitrogens with one attached hydrogen (secondary N) is 1. The Kier molecular flexibility index (Phi) is 3.01. The number of allylic oxidation sites excluding steroid dienone is 2. The summed E-state index contributed by atoms with van der Waals surface area (Å²) in [6, 6.07) is -0.909. The Morgan fingerprint density at radius 1 is 1.15 bits per heavy atom. The van der Waals surface area contributed by atoms with Crippen molar-refractivity contribution in [3.63, 3.8) is 0 Å². The van der Waals surface area contributed by atoms with Crippen LogP contribution < -0.4 is 5.32 Å². The third kappa shape index (κ3) is 1.81. The summed E-state index contributed by atoms with van der Waals surface area (Å²) in [5.74, 6) is -1.93. The first-order chi connectivity index (χ1) is 9.50. The van der Waals surface area contributed by atoms with Crippen LogP contribution in [0.5, 0.6) is 0 Å². The monoisotopic (exact) mass is 292 g/mol. The van der Waals surface area contributed by atoms with E-state index in [0.717, 1.165) is 4.90 Å². The van der Waals surface area contributed by atoms with Gasteiger partial charge in [-0.15, -0.1) is 12.6 Å². The number of amides is 4. The van der Waals surface area contributed by atoms with Crippen LogP contribution in [0.1, 0.15) is 25.7 Å². The van der Waals surface area contributed by atoms with E-state index in [0.29, 0.717) is 28.9 Å². The number of nitrogens with zero attached hydrogens (tertiary/aromatic N) is 1. The standard InChI is InChI=1S/C13H12N2O4S/c16-9-5-4-7(11(17)14-9)15-12(18)6-2-1-3-8(20)10(6)13(15)19/h2,7,20H,1,3-5H2,(H,14,16,17). The van der Waals surface area contributed by atoms with Crippen molar-refractivity contribution in [2.75, 3.05) is 0 Å². The van der Waals surface area contributed by atoms with Gasteiger partial charge in [-0.25, -0.2) is 0 Å². The molecule has 7 heteroatoms. The van der Waals surface area contributed by atoms with E-state index in [1.54, 1.807) is 6.08 Å². The summed E-state index contributed by atoms with van der Waals surface area (Å²) in [7, 11) is 0. The summed E-state index contributed by atoms with van der Waals surface area (Å²) in [5.41, 5.74) is 0.630. The second-order valence-electron chi connectivity index (χ2n) is 4.93. The van der Waals surface area contributed by atoms with E-state index in [2.05, 4.69) is 17.9 Å². The van der Waals surface area contributed by atoms with Crippen LogP contribution in [-0.4, -0.2) is 34.6 Å². The van der Waals surface area contributed by atoms with Crippen molar-refractivity contribution in [1.82, 2.24) is 10.2 Å². The molecule has 2 saturated heterocycles. The van der Waals surface area contributed by atoms with Crippen molar-refractivity contribution < 1.29 is 19.2 Å². The van der Waals surface area contributed by atoms with Crippen LogP contribution in [-0.2, 0) is 19.2 Å². The van der Waals surface area contributed by atoms with Gasteiger partial charge in [-0.1, -0.05) is 6.08 Å². The molecule has 6 nitrogen and oxygen atoms in total. The smallest absolute Gasteiger partial charge is 0.263 e. The first-order valence-electron chi connectivity index (χ1n) is 6.35. The Morgan fingerprint density at radius 3 is 2.55 bits per heavy atom. The van der Waals surface area contributed by atoms with Gasteiger partial charge in [0.2, 0.25) is 11.8 Å². The minimum Gasteiger partial charge on any atom is -0.295 e. The van der Waals surface area contributed by atoms with Crippen LogP contribution in [0.4, 0.5) is 0 Å². The molecule has 0 radical (unpaired) electrons. The molecule has 0 aromatic heterocycles. The molecule has 2 heterocycles. The molecule has 2 aliphatic heterocycles. The average Bonchev–Trinajstić information content (AvgIpc) is 2.64. The van der Waals surface area contributed by atoms with Gasteiger partial charge in [-0.2, -0.15) is 0 Å². The SMILES string of the molecule is O=C1CCC(N2C(=O)C3=CCCC(S)=C3C2=O)C(=O)N1. The number of piperidine rings is 1. The number of carbonyl (C=O) groups is 4. The molecule has 20 heavy (non-hydrogen) atoms. The lowest BCUT2D eigenvalue weighted by Gasteiger charge is -2.27. The normalized spacial score (nSPS) is 26.8. The molecule has 1 unspecified atom stereocenters. The zero-order valence-electron chi connectivity index (χ0n) is 10.5. The molecule has 4 amide bonds. The van der Waals surface area contributed by atoms with Gasteiger partial charge in [0.25, 0.3) is 11.8 Å². The van der Waals surface area contributed by atoms with Crippen LogP contribution in [0.3, 0.4) is 0 Å². The first kappa shape index (κ1) is 13.1. The van der Waals surface area contributed by atoms with Crippen molar-refractivity contribution in [2.45, 2.75) is 31.7 Å². The number of fused-ring (bicyclic) bond motifs is 1. The van der Waals surface area contributed by atoms with Crippen molar-refractivity contribution in [3.8, 4) is 0 Å². The number of hydrogen-bond donors (Lipinski definition) is 2. The maximum absolute atomic E-state index is 12.4. The third-order valence-corrected chi connectivity index (χ3v) is 4.14. The minimum atomic E-state index is -0.909. The summed E-state index contributed by atoms with van der Waals surface area (Å²) < 4.78 is 0. The topological polar surface area (TPSA) is 83.6 Å². The predicted octanol–water partition coefficient (Wildman–Crippen LogP) is 0.0645. The summed E-state index contributed by atoms with van der Waals surface area (Å²) in [6.07, 6.45) is 3.27. The van der Waals surface area contributed by atoms with Crippen LogP contribution in [0.2, 0.25) is 0 Å². The lowest BCUT2D eigenvalue weighted by atomic mass is 10.00. The number of likely N-dealkylation sites (tertiary alicyclic amines) is 1.